The van der Waals surface area contributed by atoms with Crippen molar-refractivity contribution in [2.45, 2.75) is 0 Å². The third kappa shape index (κ3) is 2.17. The summed E-state index contributed by atoms with van der Waals surface area (Å²) >= 11 is 6.66. The van der Waals surface area contributed by atoms with Gasteiger partial charge in [-0.3, -0.25) is 0 Å². The van der Waals surface area contributed by atoms with Gasteiger partial charge in [0.25, 0.3) is 0 Å². The largest absolute Gasteiger partial charge is 0.478 e. The SMILES string of the molecule is N#Cc1c(C(=O)O)cnn1-c1ccc(Br)cc1Br. The second kappa shape index (κ2) is 4.92. The molecular weight excluding hydrogens is 366 g/mol. The van der Waals surface area contributed by atoms with Crippen LogP contribution in [0.4, 0.5) is 0 Å². The highest BCUT2D eigenvalue weighted by atomic mass is 79.9. The molecule has 18 heavy (non-hydrogen) atoms. The molecule has 0 fully saturated rings. The van der Waals surface area contributed by atoms with E-state index in [9.17, 15) is 4.79 Å². The molecule has 0 atom stereocenters. The second-order valence-electron chi connectivity index (χ2n) is 3.33. The molecule has 7 heteroatoms. The number of hydrogen-bond donors (Lipinski definition) is 1. The van der Waals surface area contributed by atoms with Crippen molar-refractivity contribution >= 4 is 37.8 Å². The van der Waals surface area contributed by atoms with E-state index in [1.54, 1.807) is 18.2 Å². The number of carboxylic acid groups (broad SMARTS) is 1. The Labute approximate surface area is 119 Å². The van der Waals surface area contributed by atoms with E-state index in [0.29, 0.717) is 10.2 Å². The van der Waals surface area contributed by atoms with Crippen molar-refractivity contribution < 1.29 is 9.90 Å². The lowest BCUT2D eigenvalue weighted by Crippen LogP contribution is -2.04. The van der Waals surface area contributed by atoms with Crippen LogP contribution >= 0.6 is 31.9 Å². The first-order valence-corrected chi connectivity index (χ1v) is 6.30. The normalized spacial score (nSPS) is 10.1. The van der Waals surface area contributed by atoms with Crippen LogP contribution in [0.25, 0.3) is 5.69 Å². The number of benzene rings is 1. The van der Waals surface area contributed by atoms with E-state index in [1.807, 2.05) is 6.07 Å². The molecule has 5 nitrogen and oxygen atoms in total. The van der Waals surface area contributed by atoms with E-state index < -0.39 is 5.97 Å². The van der Waals surface area contributed by atoms with Crippen LogP contribution in [0.2, 0.25) is 0 Å². The van der Waals surface area contributed by atoms with Gasteiger partial charge < -0.3 is 5.11 Å². The number of hydrogen-bond acceptors (Lipinski definition) is 3. The molecule has 90 valence electrons. The molecule has 0 aliphatic heterocycles. The third-order valence-corrected chi connectivity index (χ3v) is 3.37. The Hall–Kier alpha value is -1.65. The van der Waals surface area contributed by atoms with E-state index >= 15 is 0 Å². The Kier molecular flexibility index (Phi) is 3.50. The van der Waals surface area contributed by atoms with Crippen molar-refractivity contribution in [2.75, 3.05) is 0 Å². The van der Waals surface area contributed by atoms with Gasteiger partial charge >= 0.3 is 5.97 Å². The van der Waals surface area contributed by atoms with Crippen LogP contribution in [-0.2, 0) is 0 Å². The van der Waals surface area contributed by atoms with Gasteiger partial charge in [-0.2, -0.15) is 10.4 Å². The summed E-state index contributed by atoms with van der Waals surface area (Å²) in [6, 6.07) is 7.15. The minimum atomic E-state index is -1.17. The molecule has 2 aromatic rings. The fraction of sp³-hybridized carbons (Fsp3) is 0. The number of nitriles is 1. The average Bonchev–Trinajstić information content (AvgIpc) is 2.72. The van der Waals surface area contributed by atoms with Gasteiger partial charge in [0, 0.05) is 8.95 Å². The van der Waals surface area contributed by atoms with Crippen LogP contribution < -0.4 is 0 Å². The Morgan fingerprint density at radius 1 is 1.44 bits per heavy atom. The molecule has 1 aromatic heterocycles. The molecule has 2 rings (SSSR count). The van der Waals surface area contributed by atoms with Gasteiger partial charge in [0.15, 0.2) is 5.69 Å². The predicted octanol–water partition coefficient (Wildman–Crippen LogP) is 2.97. The van der Waals surface area contributed by atoms with Crippen molar-refractivity contribution in [1.82, 2.24) is 9.78 Å². The van der Waals surface area contributed by atoms with Crippen LogP contribution in [0, 0.1) is 11.3 Å². The van der Waals surface area contributed by atoms with Gasteiger partial charge in [-0.25, -0.2) is 9.48 Å². The molecule has 0 aliphatic carbocycles. The molecule has 1 aromatic carbocycles. The van der Waals surface area contributed by atoms with Gasteiger partial charge in [-0.1, -0.05) is 15.9 Å². The molecule has 0 radical (unpaired) electrons. The summed E-state index contributed by atoms with van der Waals surface area (Å²) in [6.07, 6.45) is 1.16. The summed E-state index contributed by atoms with van der Waals surface area (Å²) in [5.74, 6) is -1.17. The lowest BCUT2D eigenvalue weighted by atomic mass is 10.2. The lowest BCUT2D eigenvalue weighted by Gasteiger charge is -2.06. The van der Waals surface area contributed by atoms with Crippen molar-refractivity contribution in [2.24, 2.45) is 0 Å². The van der Waals surface area contributed by atoms with Crippen LogP contribution in [0.1, 0.15) is 16.1 Å². The van der Waals surface area contributed by atoms with Crippen LogP contribution in [0.5, 0.6) is 0 Å². The maximum atomic E-state index is 10.9. The van der Waals surface area contributed by atoms with Gasteiger partial charge in [0.1, 0.15) is 11.6 Å². The van der Waals surface area contributed by atoms with Crippen molar-refractivity contribution in [1.29, 1.82) is 5.26 Å². The second-order valence-corrected chi connectivity index (χ2v) is 5.10. The topological polar surface area (TPSA) is 78.9 Å². The highest BCUT2D eigenvalue weighted by Gasteiger charge is 2.18. The summed E-state index contributed by atoms with van der Waals surface area (Å²) in [6.45, 7) is 0. The Morgan fingerprint density at radius 2 is 2.17 bits per heavy atom. The number of carbonyl (C=O) groups is 1. The van der Waals surface area contributed by atoms with Gasteiger partial charge in [0.05, 0.1) is 11.9 Å². The van der Waals surface area contributed by atoms with Gasteiger partial charge in [-0.15, -0.1) is 0 Å². The zero-order chi connectivity index (χ0) is 13.3. The smallest absolute Gasteiger partial charge is 0.340 e. The zero-order valence-electron chi connectivity index (χ0n) is 8.76. The fourth-order valence-corrected chi connectivity index (χ4v) is 2.66. The monoisotopic (exact) mass is 369 g/mol. The number of halogens is 2. The molecule has 1 heterocycles. The number of rotatable bonds is 2. The number of carboxylic acids is 1. The first-order chi connectivity index (χ1) is 8.54. The Balaban J connectivity index is 2.65. The van der Waals surface area contributed by atoms with Crippen molar-refractivity contribution in [3.63, 3.8) is 0 Å². The summed E-state index contributed by atoms with van der Waals surface area (Å²) in [4.78, 5) is 10.9. The lowest BCUT2D eigenvalue weighted by molar-refractivity contribution is 0.0696. The molecule has 0 saturated carbocycles. The summed E-state index contributed by atoms with van der Waals surface area (Å²) < 4.78 is 2.86. The predicted molar refractivity (Wildman–Crippen MR) is 70.6 cm³/mol. The summed E-state index contributed by atoms with van der Waals surface area (Å²) in [5.41, 5.74) is 0.472. The van der Waals surface area contributed by atoms with Gasteiger partial charge in [0.2, 0.25) is 0 Å². The molecular formula is C11H5Br2N3O2. The summed E-state index contributed by atoms with van der Waals surface area (Å²) in [7, 11) is 0. The van der Waals surface area contributed by atoms with Crippen molar-refractivity contribution in [3.05, 3.63) is 44.6 Å². The Bertz CT molecular complexity index is 673. The van der Waals surface area contributed by atoms with Gasteiger partial charge in [-0.05, 0) is 34.1 Å². The van der Waals surface area contributed by atoms with Crippen LogP contribution in [0.15, 0.2) is 33.3 Å². The van der Waals surface area contributed by atoms with Crippen LogP contribution in [-0.4, -0.2) is 20.9 Å². The third-order valence-electron chi connectivity index (χ3n) is 2.24. The molecule has 0 saturated heterocycles. The molecule has 0 unspecified atom stereocenters. The standard InChI is InChI=1S/C11H5Br2N3O2/c12-6-1-2-9(8(13)3-6)16-10(4-14)7(5-15-16)11(17)18/h1-3,5H,(H,17,18). The first-order valence-electron chi connectivity index (χ1n) is 4.71. The molecule has 0 spiro atoms. The number of aromatic nitrogens is 2. The molecule has 0 bridgehead atoms. The number of nitrogens with zero attached hydrogens (tertiary/aromatic N) is 3. The molecule has 0 amide bonds. The van der Waals surface area contributed by atoms with E-state index in [4.69, 9.17) is 10.4 Å². The van der Waals surface area contributed by atoms with E-state index in [1.165, 1.54) is 4.68 Å². The van der Waals surface area contributed by atoms with E-state index in [-0.39, 0.29) is 11.3 Å². The fourth-order valence-electron chi connectivity index (χ4n) is 1.45. The quantitative estimate of drug-likeness (QED) is 0.881. The summed E-state index contributed by atoms with van der Waals surface area (Å²) in [5, 5.41) is 21.9. The minimum Gasteiger partial charge on any atom is -0.478 e. The average molecular weight is 371 g/mol. The maximum absolute atomic E-state index is 10.9. The zero-order valence-corrected chi connectivity index (χ0v) is 11.9. The minimum absolute atomic E-state index is 0.00878. The van der Waals surface area contributed by atoms with Crippen LogP contribution in [0.3, 0.4) is 0 Å². The van der Waals surface area contributed by atoms with E-state index in [2.05, 4.69) is 37.0 Å². The highest BCUT2D eigenvalue weighted by Crippen LogP contribution is 2.26. The maximum Gasteiger partial charge on any atom is 0.340 e. The Morgan fingerprint density at radius 3 is 2.72 bits per heavy atom. The van der Waals surface area contributed by atoms with Crippen molar-refractivity contribution in [3.8, 4) is 11.8 Å². The number of aromatic carboxylic acids is 1. The van der Waals surface area contributed by atoms with E-state index in [0.717, 1.165) is 10.7 Å². The first kappa shape index (κ1) is 12.8. The highest BCUT2D eigenvalue weighted by molar-refractivity contribution is 9.11. The molecule has 1 N–H and O–H groups in total. The molecule has 0 aliphatic rings.